The maximum absolute atomic E-state index is 11.1. The van der Waals surface area contributed by atoms with Crippen LogP contribution in [0.3, 0.4) is 0 Å². The van der Waals surface area contributed by atoms with Crippen molar-refractivity contribution in [3.05, 3.63) is 64.9 Å². The molecule has 3 rings (SSSR count). The fourth-order valence-electron chi connectivity index (χ4n) is 2.20. The fraction of sp³-hybridized carbons (Fsp3) is 0.0556. The molecule has 0 saturated carbocycles. The molecule has 0 bridgehead atoms. The zero-order valence-corrected chi connectivity index (χ0v) is 15.3. The van der Waals surface area contributed by atoms with Crippen molar-refractivity contribution in [1.82, 2.24) is 9.97 Å². The molecule has 26 heavy (non-hydrogen) atoms. The number of hydrogen-bond donors (Lipinski definition) is 3. The van der Waals surface area contributed by atoms with Crippen LogP contribution in [0, 0.1) is 0 Å². The SMILES string of the molecule is CC(=O)Nc1ccc(Nc2cc(Nc3ccc(Cl)c(Cl)c3)ncn2)cc1. The van der Waals surface area contributed by atoms with E-state index in [1.54, 1.807) is 30.3 Å². The summed E-state index contributed by atoms with van der Waals surface area (Å²) in [6.07, 6.45) is 1.45. The van der Waals surface area contributed by atoms with Crippen LogP contribution in [-0.4, -0.2) is 15.9 Å². The van der Waals surface area contributed by atoms with Crippen molar-refractivity contribution in [3.63, 3.8) is 0 Å². The molecule has 0 spiro atoms. The summed E-state index contributed by atoms with van der Waals surface area (Å²) < 4.78 is 0. The third kappa shape index (κ3) is 4.84. The number of anilines is 5. The Bertz CT molecular complexity index is 931. The Morgan fingerprint density at radius 1 is 0.808 bits per heavy atom. The molecule has 8 heteroatoms. The Morgan fingerprint density at radius 3 is 2.00 bits per heavy atom. The monoisotopic (exact) mass is 387 g/mol. The lowest BCUT2D eigenvalue weighted by Gasteiger charge is -2.10. The maximum Gasteiger partial charge on any atom is 0.221 e. The standard InChI is InChI=1S/C18H15Cl2N5O/c1-11(26)23-12-2-4-13(5-3-12)24-17-9-18(22-10-21-17)25-14-6-7-15(19)16(20)8-14/h2-10H,1H3,(H,23,26)(H2,21,22,24,25). The molecule has 0 atom stereocenters. The predicted molar refractivity (Wildman–Crippen MR) is 106 cm³/mol. The molecule has 0 fully saturated rings. The van der Waals surface area contributed by atoms with Crippen molar-refractivity contribution in [2.75, 3.05) is 16.0 Å². The van der Waals surface area contributed by atoms with Gasteiger partial charge in [0.1, 0.15) is 18.0 Å². The average molecular weight is 388 g/mol. The molecule has 1 aromatic heterocycles. The van der Waals surface area contributed by atoms with Gasteiger partial charge in [-0.1, -0.05) is 23.2 Å². The summed E-state index contributed by atoms with van der Waals surface area (Å²) in [6.45, 7) is 1.47. The molecule has 2 aromatic carbocycles. The highest BCUT2D eigenvalue weighted by molar-refractivity contribution is 6.42. The second kappa shape index (κ2) is 8.03. The topological polar surface area (TPSA) is 78.9 Å². The number of carbonyl (C=O) groups is 1. The Hall–Kier alpha value is -2.83. The molecule has 0 aliphatic carbocycles. The summed E-state index contributed by atoms with van der Waals surface area (Å²) in [5.74, 6) is 1.12. The quantitative estimate of drug-likeness (QED) is 0.558. The highest BCUT2D eigenvalue weighted by Crippen LogP contribution is 2.27. The summed E-state index contributed by atoms with van der Waals surface area (Å²) in [6, 6.07) is 14.3. The van der Waals surface area contributed by atoms with Gasteiger partial charge in [-0.2, -0.15) is 0 Å². The highest BCUT2D eigenvalue weighted by atomic mass is 35.5. The van der Waals surface area contributed by atoms with Crippen molar-refractivity contribution in [2.45, 2.75) is 6.92 Å². The number of rotatable bonds is 5. The number of carbonyl (C=O) groups excluding carboxylic acids is 1. The third-order valence-electron chi connectivity index (χ3n) is 3.34. The first-order valence-electron chi connectivity index (χ1n) is 7.68. The van der Waals surface area contributed by atoms with Crippen LogP contribution in [0.2, 0.25) is 10.0 Å². The maximum atomic E-state index is 11.1. The molecule has 1 amide bonds. The summed E-state index contributed by atoms with van der Waals surface area (Å²) in [7, 11) is 0. The highest BCUT2D eigenvalue weighted by Gasteiger charge is 2.03. The molecule has 3 aromatic rings. The van der Waals surface area contributed by atoms with Gasteiger partial charge in [0.2, 0.25) is 5.91 Å². The molecule has 0 unspecified atom stereocenters. The molecule has 0 radical (unpaired) electrons. The minimum Gasteiger partial charge on any atom is -0.340 e. The van der Waals surface area contributed by atoms with Gasteiger partial charge in [0.25, 0.3) is 0 Å². The van der Waals surface area contributed by atoms with Crippen molar-refractivity contribution < 1.29 is 4.79 Å². The van der Waals surface area contributed by atoms with E-state index in [4.69, 9.17) is 23.2 Å². The van der Waals surface area contributed by atoms with Gasteiger partial charge in [0.15, 0.2) is 0 Å². The third-order valence-corrected chi connectivity index (χ3v) is 4.08. The molecule has 132 valence electrons. The normalized spacial score (nSPS) is 10.3. The van der Waals surface area contributed by atoms with Crippen LogP contribution in [0.25, 0.3) is 0 Å². The van der Waals surface area contributed by atoms with Gasteiger partial charge in [0.05, 0.1) is 10.0 Å². The van der Waals surface area contributed by atoms with Gasteiger partial charge >= 0.3 is 0 Å². The number of nitrogens with one attached hydrogen (secondary N) is 3. The molecule has 6 nitrogen and oxygen atoms in total. The number of halogens is 2. The zero-order chi connectivity index (χ0) is 18.5. The van der Waals surface area contributed by atoms with Gasteiger partial charge < -0.3 is 16.0 Å². The summed E-state index contributed by atoms with van der Waals surface area (Å²) >= 11 is 11.9. The molecule has 0 aliphatic rings. The van der Waals surface area contributed by atoms with Crippen molar-refractivity contribution in [3.8, 4) is 0 Å². The van der Waals surface area contributed by atoms with E-state index in [1.165, 1.54) is 13.3 Å². The second-order valence-electron chi connectivity index (χ2n) is 5.43. The van der Waals surface area contributed by atoms with E-state index in [1.807, 2.05) is 18.2 Å². The van der Waals surface area contributed by atoms with Gasteiger partial charge in [-0.25, -0.2) is 9.97 Å². The van der Waals surface area contributed by atoms with Crippen molar-refractivity contribution >= 4 is 57.8 Å². The van der Waals surface area contributed by atoms with Crippen LogP contribution >= 0.6 is 23.2 Å². The lowest BCUT2D eigenvalue weighted by Crippen LogP contribution is -2.05. The van der Waals surface area contributed by atoms with E-state index in [2.05, 4.69) is 25.9 Å². The second-order valence-corrected chi connectivity index (χ2v) is 6.24. The number of aromatic nitrogens is 2. The molecule has 1 heterocycles. The lowest BCUT2D eigenvalue weighted by atomic mass is 10.2. The zero-order valence-electron chi connectivity index (χ0n) is 13.8. The van der Waals surface area contributed by atoms with Crippen molar-refractivity contribution in [1.29, 1.82) is 0 Å². The smallest absolute Gasteiger partial charge is 0.221 e. The first kappa shape index (κ1) is 18.0. The summed E-state index contributed by atoms with van der Waals surface area (Å²) in [5, 5.41) is 10.00. The van der Waals surface area contributed by atoms with E-state index in [0.717, 1.165) is 17.1 Å². The number of nitrogens with zero attached hydrogens (tertiary/aromatic N) is 2. The first-order chi connectivity index (χ1) is 12.5. The summed E-state index contributed by atoms with van der Waals surface area (Å²) in [4.78, 5) is 19.4. The Morgan fingerprint density at radius 2 is 1.38 bits per heavy atom. The summed E-state index contributed by atoms with van der Waals surface area (Å²) in [5.41, 5.74) is 2.33. The minimum atomic E-state index is -0.112. The van der Waals surface area contributed by atoms with E-state index >= 15 is 0 Å². The minimum absolute atomic E-state index is 0.112. The Balaban J connectivity index is 1.70. The fourth-order valence-corrected chi connectivity index (χ4v) is 2.50. The van der Waals surface area contributed by atoms with Crippen LogP contribution in [-0.2, 0) is 4.79 Å². The Kier molecular flexibility index (Phi) is 5.55. The van der Waals surface area contributed by atoms with Crippen LogP contribution in [0.15, 0.2) is 54.9 Å². The number of hydrogen-bond acceptors (Lipinski definition) is 5. The molecular formula is C18H15Cl2N5O. The molecule has 0 saturated heterocycles. The van der Waals surface area contributed by atoms with Crippen LogP contribution in [0.1, 0.15) is 6.92 Å². The molecular weight excluding hydrogens is 373 g/mol. The largest absolute Gasteiger partial charge is 0.340 e. The van der Waals surface area contributed by atoms with E-state index in [9.17, 15) is 4.79 Å². The predicted octanol–water partition coefficient (Wildman–Crippen LogP) is 5.23. The number of benzene rings is 2. The Labute approximate surface area is 160 Å². The molecule has 3 N–H and O–H groups in total. The van der Waals surface area contributed by atoms with E-state index in [0.29, 0.717) is 21.7 Å². The average Bonchev–Trinajstić information content (AvgIpc) is 2.60. The van der Waals surface area contributed by atoms with Crippen LogP contribution in [0.5, 0.6) is 0 Å². The van der Waals surface area contributed by atoms with Gasteiger partial charge in [-0.15, -0.1) is 0 Å². The van der Waals surface area contributed by atoms with Crippen molar-refractivity contribution in [2.24, 2.45) is 0 Å². The van der Waals surface area contributed by atoms with Crippen LogP contribution in [0.4, 0.5) is 28.7 Å². The first-order valence-corrected chi connectivity index (χ1v) is 8.44. The lowest BCUT2D eigenvalue weighted by molar-refractivity contribution is -0.114. The van der Waals surface area contributed by atoms with E-state index < -0.39 is 0 Å². The van der Waals surface area contributed by atoms with Crippen LogP contribution < -0.4 is 16.0 Å². The van der Waals surface area contributed by atoms with Gasteiger partial charge in [-0.3, -0.25) is 4.79 Å². The number of amides is 1. The van der Waals surface area contributed by atoms with E-state index in [-0.39, 0.29) is 5.91 Å². The molecule has 0 aliphatic heterocycles. The van der Waals surface area contributed by atoms with Gasteiger partial charge in [-0.05, 0) is 42.5 Å². The van der Waals surface area contributed by atoms with Gasteiger partial charge in [0, 0.05) is 30.1 Å².